The van der Waals surface area contributed by atoms with Gasteiger partial charge in [-0.15, -0.1) is 0 Å². The SMILES string of the molecule is CC[C@]12C(=O)[C@](CC)(C(c3ccccc3)=C1c1ccccc1)[C@H]1C(=O)N(c3ccc(Cl)cc3)C(=O)[C@@H]12. The van der Waals surface area contributed by atoms with Crippen LogP contribution in [-0.4, -0.2) is 17.6 Å². The summed E-state index contributed by atoms with van der Waals surface area (Å²) >= 11 is 6.09. The number of carbonyl (C=O) groups excluding carboxylic acids is 3. The van der Waals surface area contributed by atoms with Gasteiger partial charge in [-0.05, 0) is 59.4 Å². The summed E-state index contributed by atoms with van der Waals surface area (Å²) in [5.74, 6) is -2.04. The van der Waals surface area contributed by atoms with E-state index in [1.807, 2.05) is 74.5 Å². The topological polar surface area (TPSA) is 54.5 Å². The van der Waals surface area contributed by atoms with Gasteiger partial charge in [-0.1, -0.05) is 86.1 Å². The molecule has 0 unspecified atom stereocenters. The largest absolute Gasteiger partial charge is 0.298 e. The van der Waals surface area contributed by atoms with Crippen LogP contribution in [0.25, 0.3) is 11.1 Å². The summed E-state index contributed by atoms with van der Waals surface area (Å²) < 4.78 is 0. The predicted octanol–water partition coefficient (Wildman–Crippen LogP) is 6.45. The quantitative estimate of drug-likeness (QED) is 0.382. The van der Waals surface area contributed by atoms with E-state index < -0.39 is 22.7 Å². The Balaban J connectivity index is 1.67. The van der Waals surface area contributed by atoms with Gasteiger partial charge in [0.1, 0.15) is 0 Å². The zero-order valence-corrected chi connectivity index (χ0v) is 21.0. The third-order valence-electron chi connectivity index (χ3n) is 8.65. The third-order valence-corrected chi connectivity index (χ3v) is 8.90. The second-order valence-corrected chi connectivity index (χ2v) is 10.3. The number of halogens is 1. The molecule has 1 heterocycles. The second-order valence-electron chi connectivity index (χ2n) is 9.90. The molecular weight excluding hydrogens is 470 g/mol. The summed E-state index contributed by atoms with van der Waals surface area (Å²) in [6.07, 6.45) is 0.894. The smallest absolute Gasteiger partial charge is 0.239 e. The maximum atomic E-state index is 14.7. The molecule has 3 aliphatic rings. The van der Waals surface area contributed by atoms with Gasteiger partial charge in [0.25, 0.3) is 0 Å². The number of nitrogens with zero attached hydrogens (tertiary/aromatic N) is 1. The van der Waals surface area contributed by atoms with Crippen LogP contribution in [0.5, 0.6) is 0 Å². The van der Waals surface area contributed by atoms with Gasteiger partial charge in [0, 0.05) is 5.02 Å². The maximum Gasteiger partial charge on any atom is 0.239 e. The summed E-state index contributed by atoms with van der Waals surface area (Å²) in [6.45, 7) is 3.94. The number of allylic oxidation sites excluding steroid dienone is 2. The van der Waals surface area contributed by atoms with Gasteiger partial charge in [0.05, 0.1) is 28.4 Å². The number of carbonyl (C=O) groups is 3. The number of amides is 2. The maximum absolute atomic E-state index is 14.7. The second kappa shape index (κ2) is 8.01. The minimum Gasteiger partial charge on any atom is -0.298 e. The first-order chi connectivity index (χ1) is 17.4. The van der Waals surface area contributed by atoms with E-state index in [0.29, 0.717) is 23.6 Å². The Morgan fingerprint density at radius 2 is 1.08 bits per heavy atom. The van der Waals surface area contributed by atoms with Crippen molar-refractivity contribution < 1.29 is 14.4 Å². The van der Waals surface area contributed by atoms with E-state index in [-0.39, 0.29) is 17.6 Å². The highest BCUT2D eigenvalue weighted by Crippen LogP contribution is 2.75. The highest BCUT2D eigenvalue weighted by atomic mass is 35.5. The van der Waals surface area contributed by atoms with Crippen LogP contribution in [0.4, 0.5) is 5.69 Å². The molecule has 2 fully saturated rings. The number of imide groups is 1. The van der Waals surface area contributed by atoms with Gasteiger partial charge in [-0.2, -0.15) is 0 Å². The molecule has 180 valence electrons. The van der Waals surface area contributed by atoms with Gasteiger partial charge >= 0.3 is 0 Å². The molecule has 2 aliphatic carbocycles. The normalized spacial score (nSPS) is 28.9. The van der Waals surface area contributed by atoms with E-state index in [1.54, 1.807) is 24.3 Å². The number of fused-ring (bicyclic) bond motifs is 5. The van der Waals surface area contributed by atoms with Crippen molar-refractivity contribution in [2.24, 2.45) is 22.7 Å². The lowest BCUT2D eigenvalue weighted by molar-refractivity contribution is -0.134. The van der Waals surface area contributed by atoms with Crippen molar-refractivity contribution in [3.8, 4) is 0 Å². The molecule has 36 heavy (non-hydrogen) atoms. The summed E-state index contributed by atoms with van der Waals surface area (Å²) in [4.78, 5) is 44.3. The molecule has 0 spiro atoms. The Hall–Kier alpha value is -3.50. The monoisotopic (exact) mass is 495 g/mol. The van der Waals surface area contributed by atoms with Crippen molar-refractivity contribution >= 4 is 46.0 Å². The van der Waals surface area contributed by atoms with E-state index in [9.17, 15) is 14.4 Å². The Morgan fingerprint density at radius 3 is 1.47 bits per heavy atom. The molecule has 2 bridgehead atoms. The highest BCUT2D eigenvalue weighted by Gasteiger charge is 2.80. The number of benzene rings is 3. The first kappa shape index (κ1) is 22.9. The Labute approximate surface area is 215 Å². The van der Waals surface area contributed by atoms with Crippen molar-refractivity contribution in [3.05, 3.63) is 101 Å². The summed E-state index contributed by atoms with van der Waals surface area (Å²) in [7, 11) is 0. The number of hydrogen-bond acceptors (Lipinski definition) is 3. The fraction of sp³-hybridized carbons (Fsp3) is 0.258. The zero-order valence-electron chi connectivity index (χ0n) is 20.2. The molecule has 2 amide bonds. The molecule has 1 aliphatic heterocycles. The van der Waals surface area contributed by atoms with Crippen LogP contribution >= 0.6 is 11.6 Å². The minimum atomic E-state index is -1.07. The van der Waals surface area contributed by atoms with Crippen LogP contribution in [0.2, 0.25) is 5.02 Å². The van der Waals surface area contributed by atoms with Crippen molar-refractivity contribution in [1.82, 2.24) is 0 Å². The van der Waals surface area contributed by atoms with E-state index in [1.165, 1.54) is 4.90 Å². The molecule has 4 nitrogen and oxygen atoms in total. The van der Waals surface area contributed by atoms with Crippen LogP contribution in [0, 0.1) is 22.7 Å². The molecule has 1 saturated heterocycles. The average Bonchev–Trinajstić information content (AvgIpc) is 3.41. The van der Waals surface area contributed by atoms with Gasteiger partial charge in [-0.25, -0.2) is 4.90 Å². The van der Waals surface area contributed by atoms with E-state index in [4.69, 9.17) is 11.6 Å². The number of Topliss-reactive ketones (excluding diaryl/α,β-unsaturated/α-hetero) is 1. The summed E-state index contributed by atoms with van der Waals surface area (Å²) in [6, 6.07) is 26.6. The lowest BCUT2D eigenvalue weighted by Crippen LogP contribution is -2.41. The fourth-order valence-corrected chi connectivity index (χ4v) is 7.43. The number of ketones is 1. The summed E-state index contributed by atoms with van der Waals surface area (Å²) in [5, 5.41) is 0.530. The standard InChI is InChI=1S/C31H26ClNO3/c1-3-30-23(19-11-7-5-8-12-19)24(20-13-9-6-10-14-20)31(4-2,29(30)36)26-25(30)27(34)33(28(26)35)22-17-15-21(32)16-18-22/h5-18,25-26H,3-4H2,1-2H3/t25-,26-,30-,31+/m1/s1. The van der Waals surface area contributed by atoms with Crippen LogP contribution in [-0.2, 0) is 14.4 Å². The Kier molecular flexibility index (Phi) is 5.10. The molecule has 0 aromatic heterocycles. The van der Waals surface area contributed by atoms with Gasteiger partial charge in [0.2, 0.25) is 11.8 Å². The Bertz CT molecular complexity index is 1340. The molecule has 5 heteroatoms. The third kappa shape index (κ3) is 2.63. The van der Waals surface area contributed by atoms with Gasteiger partial charge < -0.3 is 0 Å². The van der Waals surface area contributed by atoms with Gasteiger partial charge in [0.15, 0.2) is 5.78 Å². The van der Waals surface area contributed by atoms with Crippen molar-refractivity contribution in [3.63, 3.8) is 0 Å². The lowest BCUT2D eigenvalue weighted by Gasteiger charge is -2.38. The predicted molar refractivity (Wildman–Crippen MR) is 141 cm³/mol. The molecule has 3 aromatic rings. The molecule has 1 saturated carbocycles. The lowest BCUT2D eigenvalue weighted by atomic mass is 9.60. The first-order valence-corrected chi connectivity index (χ1v) is 12.9. The van der Waals surface area contributed by atoms with E-state index in [0.717, 1.165) is 22.3 Å². The number of hydrogen-bond donors (Lipinski definition) is 0. The van der Waals surface area contributed by atoms with Crippen LogP contribution < -0.4 is 4.90 Å². The Morgan fingerprint density at radius 1 is 0.667 bits per heavy atom. The molecular formula is C31H26ClNO3. The highest BCUT2D eigenvalue weighted by molar-refractivity contribution is 6.35. The minimum absolute atomic E-state index is 0.0187. The van der Waals surface area contributed by atoms with Crippen molar-refractivity contribution in [1.29, 1.82) is 0 Å². The summed E-state index contributed by atoms with van der Waals surface area (Å²) in [5.41, 5.74) is 2.04. The van der Waals surface area contributed by atoms with Gasteiger partial charge in [-0.3, -0.25) is 14.4 Å². The van der Waals surface area contributed by atoms with Crippen LogP contribution in [0.3, 0.4) is 0 Å². The van der Waals surface area contributed by atoms with Crippen LogP contribution in [0.1, 0.15) is 37.8 Å². The average molecular weight is 496 g/mol. The molecule has 4 atom stereocenters. The molecule has 0 radical (unpaired) electrons. The molecule has 0 N–H and O–H groups in total. The van der Waals surface area contributed by atoms with Crippen LogP contribution in [0.15, 0.2) is 84.9 Å². The first-order valence-electron chi connectivity index (χ1n) is 12.5. The zero-order chi connectivity index (χ0) is 25.2. The van der Waals surface area contributed by atoms with Crippen molar-refractivity contribution in [2.75, 3.05) is 4.90 Å². The van der Waals surface area contributed by atoms with Crippen molar-refractivity contribution in [2.45, 2.75) is 26.7 Å². The number of anilines is 1. The fourth-order valence-electron chi connectivity index (χ4n) is 7.30. The molecule has 3 aromatic carbocycles. The number of rotatable bonds is 5. The van der Waals surface area contributed by atoms with E-state index >= 15 is 0 Å². The van der Waals surface area contributed by atoms with E-state index in [2.05, 4.69) is 0 Å². The molecule has 6 rings (SSSR count).